The molecule has 2 amide bonds. The molecule has 7 rings (SSSR count). The molecule has 0 bridgehead atoms. The van der Waals surface area contributed by atoms with Gasteiger partial charge in [0.2, 0.25) is 17.7 Å². The van der Waals surface area contributed by atoms with Crippen LogP contribution in [0.5, 0.6) is 5.88 Å². The van der Waals surface area contributed by atoms with Crippen LogP contribution < -0.4 is 31.6 Å². The van der Waals surface area contributed by atoms with E-state index in [1.807, 2.05) is 48.5 Å². The lowest BCUT2D eigenvalue weighted by Crippen LogP contribution is -2.36. The highest BCUT2D eigenvalue weighted by atomic mass is 35.5. The average molecular weight is 761 g/mol. The molecular weight excluding hydrogens is 725 g/mol. The summed E-state index contributed by atoms with van der Waals surface area (Å²) in [6, 6.07) is 16.8. The van der Waals surface area contributed by atoms with Gasteiger partial charge >= 0.3 is 0 Å². The van der Waals surface area contributed by atoms with Gasteiger partial charge in [-0.1, -0.05) is 71.2 Å². The molecule has 2 aliphatic rings. The molecule has 2 aliphatic heterocycles. The van der Waals surface area contributed by atoms with Gasteiger partial charge in [-0.3, -0.25) is 18.8 Å². The largest absolute Gasteiger partial charge is 0.481 e. The Bertz CT molecular complexity index is 2250. The summed E-state index contributed by atoms with van der Waals surface area (Å²) >= 11 is 21.1. The first kappa shape index (κ1) is 35.9. The SMILES string of the molecule is COc1cc(Cl)c(CNCC2CCC(=O)N2)c(-c2cccc(-c3cccc(-c4ccn5c(=O)c(CNCC6CCC(=O)N6)cnc5c4)c3Cl)c2Cl)n1. The Kier molecular flexibility index (Phi) is 10.8. The maximum absolute atomic E-state index is 13.3. The molecule has 0 saturated carbocycles. The van der Waals surface area contributed by atoms with E-state index in [0.29, 0.717) is 93.6 Å². The standard InChI is InChI=1S/C38H36Cl3N7O4/c1-52-34-15-30(39)29(20-43-19-24-9-11-33(50)46-24)37(47-34)28-7-3-6-27(36(28)41)26-5-2-4-25(35(26)40)21-12-13-48-31(14-21)44-17-22(38(48)51)16-42-18-23-8-10-32(49)45-23/h2-7,12-15,17,23-24,42-43H,8-11,16,18-20H2,1H3,(H,45,49)(H,46,50). The lowest BCUT2D eigenvalue weighted by atomic mass is 9.96. The first-order valence-corrected chi connectivity index (χ1v) is 18.2. The van der Waals surface area contributed by atoms with Crippen molar-refractivity contribution in [2.75, 3.05) is 20.2 Å². The molecule has 3 aromatic heterocycles. The van der Waals surface area contributed by atoms with Gasteiger partial charge in [-0.2, -0.15) is 0 Å². The van der Waals surface area contributed by atoms with Crippen LogP contribution in [0.1, 0.15) is 36.8 Å². The van der Waals surface area contributed by atoms with Crippen molar-refractivity contribution in [2.45, 2.75) is 50.9 Å². The maximum atomic E-state index is 13.3. The van der Waals surface area contributed by atoms with Crippen molar-refractivity contribution >= 4 is 52.3 Å². The Balaban J connectivity index is 1.16. The summed E-state index contributed by atoms with van der Waals surface area (Å²) in [5.74, 6) is 0.460. The number of hydrogen-bond acceptors (Lipinski definition) is 8. The van der Waals surface area contributed by atoms with E-state index >= 15 is 0 Å². The minimum absolute atomic E-state index is 0.0554. The second-order valence-electron chi connectivity index (χ2n) is 12.9. The van der Waals surface area contributed by atoms with Gasteiger partial charge < -0.3 is 26.0 Å². The molecule has 14 heteroatoms. The fraction of sp³-hybridized carbons (Fsp3) is 0.289. The highest BCUT2D eigenvalue weighted by molar-refractivity contribution is 6.39. The molecule has 0 spiro atoms. The van der Waals surface area contributed by atoms with Crippen LogP contribution in [0.3, 0.4) is 0 Å². The van der Waals surface area contributed by atoms with E-state index in [0.717, 1.165) is 29.5 Å². The Morgan fingerprint density at radius 2 is 1.44 bits per heavy atom. The molecule has 2 atom stereocenters. The first-order valence-electron chi connectivity index (χ1n) is 17.0. The van der Waals surface area contributed by atoms with Gasteiger partial charge in [-0.05, 0) is 30.5 Å². The van der Waals surface area contributed by atoms with E-state index in [4.69, 9.17) is 44.5 Å². The average Bonchev–Trinajstić information content (AvgIpc) is 3.76. The summed E-state index contributed by atoms with van der Waals surface area (Å²) in [6.07, 6.45) is 5.89. The van der Waals surface area contributed by atoms with Crippen LogP contribution >= 0.6 is 34.8 Å². The topological polar surface area (TPSA) is 139 Å². The van der Waals surface area contributed by atoms with E-state index in [-0.39, 0.29) is 29.5 Å². The fourth-order valence-corrected chi connectivity index (χ4v) is 7.62. The zero-order valence-corrected chi connectivity index (χ0v) is 30.5. The Morgan fingerprint density at radius 3 is 2.08 bits per heavy atom. The predicted molar refractivity (Wildman–Crippen MR) is 203 cm³/mol. The van der Waals surface area contributed by atoms with E-state index in [1.54, 1.807) is 18.5 Å². The molecule has 2 unspecified atom stereocenters. The van der Waals surface area contributed by atoms with Gasteiger partial charge in [0.25, 0.3) is 5.56 Å². The number of hydrogen-bond donors (Lipinski definition) is 4. The lowest BCUT2D eigenvalue weighted by Gasteiger charge is -2.18. The third kappa shape index (κ3) is 7.51. The second kappa shape index (κ2) is 15.6. The van der Waals surface area contributed by atoms with Crippen LogP contribution in [0.25, 0.3) is 39.2 Å². The molecule has 2 aromatic carbocycles. The minimum Gasteiger partial charge on any atom is -0.481 e. The summed E-state index contributed by atoms with van der Waals surface area (Å²) in [4.78, 5) is 45.8. The number of rotatable bonds is 12. The number of halogens is 3. The van der Waals surface area contributed by atoms with Gasteiger partial charge in [-0.25, -0.2) is 9.97 Å². The van der Waals surface area contributed by atoms with Crippen molar-refractivity contribution < 1.29 is 14.3 Å². The number of amides is 2. The Morgan fingerprint density at radius 1 is 0.827 bits per heavy atom. The van der Waals surface area contributed by atoms with Gasteiger partial charge in [0.05, 0.1) is 27.9 Å². The van der Waals surface area contributed by atoms with Crippen LogP contribution in [0.15, 0.2) is 71.8 Å². The highest BCUT2D eigenvalue weighted by Gasteiger charge is 2.23. The number of nitrogens with zero attached hydrogens (tertiary/aromatic N) is 3. The van der Waals surface area contributed by atoms with E-state index < -0.39 is 0 Å². The molecule has 0 aliphatic carbocycles. The van der Waals surface area contributed by atoms with Crippen LogP contribution in [0.4, 0.5) is 0 Å². The number of methoxy groups -OCH3 is 1. The summed E-state index contributed by atoms with van der Waals surface area (Å²) in [7, 11) is 1.53. The third-order valence-corrected chi connectivity index (χ3v) is 10.6. The van der Waals surface area contributed by atoms with E-state index in [1.165, 1.54) is 11.5 Å². The van der Waals surface area contributed by atoms with Crippen LogP contribution in [-0.4, -0.2) is 58.5 Å². The third-order valence-electron chi connectivity index (χ3n) is 9.46. The number of aromatic nitrogens is 3. The molecule has 5 heterocycles. The lowest BCUT2D eigenvalue weighted by molar-refractivity contribution is -0.120. The van der Waals surface area contributed by atoms with Gasteiger partial charge in [0.1, 0.15) is 5.65 Å². The number of fused-ring (bicyclic) bond motifs is 1. The predicted octanol–water partition coefficient (Wildman–Crippen LogP) is 5.80. The Hall–Kier alpha value is -4.52. The number of nitrogens with one attached hydrogen (secondary N) is 4. The smallest absolute Gasteiger partial charge is 0.262 e. The number of carbonyl (C=O) groups is 2. The second-order valence-corrected chi connectivity index (χ2v) is 14.1. The monoisotopic (exact) mass is 759 g/mol. The van der Waals surface area contributed by atoms with Gasteiger partial charge in [0.15, 0.2) is 0 Å². The first-order chi connectivity index (χ1) is 25.2. The molecule has 5 aromatic rings. The van der Waals surface area contributed by atoms with Crippen molar-refractivity contribution in [3.63, 3.8) is 0 Å². The van der Waals surface area contributed by atoms with E-state index in [2.05, 4.69) is 26.3 Å². The summed E-state index contributed by atoms with van der Waals surface area (Å²) < 4.78 is 6.97. The zero-order valence-electron chi connectivity index (χ0n) is 28.3. The summed E-state index contributed by atoms with van der Waals surface area (Å²) in [5, 5.41) is 13.9. The molecule has 52 heavy (non-hydrogen) atoms. The molecule has 0 radical (unpaired) electrons. The zero-order chi connectivity index (χ0) is 36.4. The van der Waals surface area contributed by atoms with Crippen LogP contribution in [-0.2, 0) is 22.7 Å². The van der Waals surface area contributed by atoms with Crippen molar-refractivity contribution in [2.24, 2.45) is 0 Å². The van der Waals surface area contributed by atoms with Crippen molar-refractivity contribution in [3.8, 4) is 39.4 Å². The number of carbonyl (C=O) groups excluding carboxylic acids is 2. The Labute approximate surface area is 315 Å². The molecule has 11 nitrogen and oxygen atoms in total. The highest BCUT2D eigenvalue weighted by Crippen LogP contribution is 2.43. The summed E-state index contributed by atoms with van der Waals surface area (Å²) in [6.45, 7) is 1.90. The normalized spacial score (nSPS) is 17.1. The maximum Gasteiger partial charge on any atom is 0.262 e. The molecule has 268 valence electrons. The number of pyridine rings is 2. The van der Waals surface area contributed by atoms with Crippen LogP contribution in [0, 0.1) is 0 Å². The fourth-order valence-electron chi connectivity index (χ4n) is 6.72. The molecule has 4 N–H and O–H groups in total. The van der Waals surface area contributed by atoms with E-state index in [9.17, 15) is 14.4 Å². The van der Waals surface area contributed by atoms with Gasteiger partial charge in [0, 0.05) is 103 Å². The van der Waals surface area contributed by atoms with Crippen LogP contribution in [0.2, 0.25) is 15.1 Å². The molecule has 2 saturated heterocycles. The van der Waals surface area contributed by atoms with Crippen molar-refractivity contribution in [3.05, 3.63) is 104 Å². The molecular formula is C38H36Cl3N7O4. The summed E-state index contributed by atoms with van der Waals surface area (Å²) in [5.41, 5.74) is 5.73. The van der Waals surface area contributed by atoms with Gasteiger partial charge in [-0.15, -0.1) is 0 Å². The molecule has 2 fully saturated rings. The number of benzene rings is 2. The quantitative estimate of drug-likeness (QED) is 0.125. The minimum atomic E-state index is -0.172. The van der Waals surface area contributed by atoms with Crippen molar-refractivity contribution in [1.82, 2.24) is 35.6 Å². The number of ether oxygens (including phenoxy) is 1. The van der Waals surface area contributed by atoms with Crippen molar-refractivity contribution in [1.29, 1.82) is 0 Å².